The average Bonchev–Trinajstić information content (AvgIpc) is 2.74. The number of carbonyl (C=O) groups excluding carboxylic acids is 3. The molecule has 0 aliphatic rings. The lowest BCUT2D eigenvalue weighted by Gasteiger charge is -2.37. The number of carbonyl (C=O) groups is 3. The van der Waals surface area contributed by atoms with Crippen LogP contribution in [0.15, 0.2) is 24.3 Å². The van der Waals surface area contributed by atoms with Gasteiger partial charge in [-0.25, -0.2) is 4.79 Å². The molecule has 2 N–H and O–H groups in total. The van der Waals surface area contributed by atoms with Crippen LogP contribution in [-0.4, -0.2) is 46.5 Å². The van der Waals surface area contributed by atoms with E-state index in [9.17, 15) is 14.4 Å². The van der Waals surface area contributed by atoms with E-state index in [0.717, 1.165) is 0 Å². The quantitative estimate of drug-likeness (QED) is 0.492. The van der Waals surface area contributed by atoms with E-state index in [4.69, 9.17) is 11.2 Å². The number of terminal acetylenes is 1. The number of alkyl carbamates (subject to hydrolysis) is 1. The summed E-state index contributed by atoms with van der Waals surface area (Å²) in [5.41, 5.74) is -0.127. The van der Waals surface area contributed by atoms with Crippen LogP contribution < -0.4 is 10.6 Å². The third-order valence-corrected chi connectivity index (χ3v) is 5.37. The van der Waals surface area contributed by atoms with Crippen molar-refractivity contribution in [2.24, 2.45) is 5.92 Å². The predicted molar refractivity (Wildman–Crippen MR) is 140 cm³/mol. The molecule has 0 saturated carbocycles. The molecule has 3 amide bonds. The molecular weight excluding hydrogens is 442 g/mol. The molecule has 1 aromatic carbocycles. The molecule has 0 radical (unpaired) electrons. The SMILES string of the molecule is C#Cc1ccccc1C(C(=O)NC(C)(C)C)N(CCC)C(=O)C(NC(=O)OC(C)(C)C)C(C)CC. The maximum absolute atomic E-state index is 14.0. The van der Waals surface area contributed by atoms with Gasteiger partial charge < -0.3 is 20.3 Å². The highest BCUT2D eigenvalue weighted by atomic mass is 16.6. The molecule has 0 fully saturated rings. The molecule has 7 heteroatoms. The fourth-order valence-electron chi connectivity index (χ4n) is 3.66. The van der Waals surface area contributed by atoms with Crippen LogP contribution >= 0.6 is 0 Å². The van der Waals surface area contributed by atoms with E-state index in [-0.39, 0.29) is 17.7 Å². The highest BCUT2D eigenvalue weighted by Crippen LogP contribution is 2.28. The zero-order valence-corrected chi connectivity index (χ0v) is 22.8. The van der Waals surface area contributed by atoms with Crippen LogP contribution in [-0.2, 0) is 14.3 Å². The van der Waals surface area contributed by atoms with Crippen molar-refractivity contribution < 1.29 is 19.1 Å². The van der Waals surface area contributed by atoms with E-state index < -0.39 is 29.3 Å². The minimum absolute atomic E-state index is 0.191. The smallest absolute Gasteiger partial charge is 0.408 e. The number of ether oxygens (including phenoxy) is 1. The number of benzene rings is 1. The van der Waals surface area contributed by atoms with Gasteiger partial charge in [-0.3, -0.25) is 9.59 Å². The second-order valence-corrected chi connectivity index (χ2v) is 10.9. The molecule has 0 spiro atoms. The number of rotatable bonds is 9. The summed E-state index contributed by atoms with van der Waals surface area (Å²) in [7, 11) is 0. The number of nitrogens with one attached hydrogen (secondary N) is 2. The van der Waals surface area contributed by atoms with Gasteiger partial charge in [0.1, 0.15) is 17.7 Å². The average molecular weight is 486 g/mol. The van der Waals surface area contributed by atoms with E-state index in [2.05, 4.69) is 16.6 Å². The van der Waals surface area contributed by atoms with Crippen molar-refractivity contribution in [2.75, 3.05) is 6.54 Å². The molecule has 194 valence electrons. The molecule has 1 rings (SSSR count). The van der Waals surface area contributed by atoms with Crippen LogP contribution in [0.3, 0.4) is 0 Å². The van der Waals surface area contributed by atoms with Crippen molar-refractivity contribution in [2.45, 2.75) is 98.4 Å². The molecule has 3 unspecified atom stereocenters. The van der Waals surface area contributed by atoms with Gasteiger partial charge >= 0.3 is 6.09 Å². The second-order valence-electron chi connectivity index (χ2n) is 10.9. The number of hydrogen-bond acceptors (Lipinski definition) is 4. The van der Waals surface area contributed by atoms with Crippen LogP contribution in [0.2, 0.25) is 0 Å². The lowest BCUT2D eigenvalue weighted by Crippen LogP contribution is -2.56. The van der Waals surface area contributed by atoms with Crippen molar-refractivity contribution in [3.63, 3.8) is 0 Å². The first-order valence-corrected chi connectivity index (χ1v) is 12.3. The lowest BCUT2D eigenvalue weighted by atomic mass is 9.93. The summed E-state index contributed by atoms with van der Waals surface area (Å²) in [5, 5.41) is 5.76. The zero-order chi connectivity index (χ0) is 27.0. The third kappa shape index (κ3) is 9.28. The molecular formula is C28H43N3O4. The van der Waals surface area contributed by atoms with Gasteiger partial charge in [-0.05, 0) is 65.5 Å². The summed E-state index contributed by atoms with van der Waals surface area (Å²) in [6, 6.07) is 5.30. The van der Waals surface area contributed by atoms with Gasteiger partial charge in [-0.2, -0.15) is 0 Å². The Kier molecular flexibility index (Phi) is 10.8. The minimum Gasteiger partial charge on any atom is -0.444 e. The predicted octanol–water partition coefficient (Wildman–Crippen LogP) is 4.80. The van der Waals surface area contributed by atoms with Gasteiger partial charge in [0, 0.05) is 17.6 Å². The monoisotopic (exact) mass is 485 g/mol. The Bertz CT molecular complexity index is 921. The highest BCUT2D eigenvalue weighted by molar-refractivity contribution is 5.93. The van der Waals surface area contributed by atoms with Gasteiger partial charge in [0.05, 0.1) is 0 Å². The molecule has 1 aromatic rings. The van der Waals surface area contributed by atoms with Crippen LogP contribution in [0.1, 0.15) is 92.3 Å². The van der Waals surface area contributed by atoms with E-state index >= 15 is 0 Å². The Balaban J connectivity index is 3.58. The molecule has 7 nitrogen and oxygen atoms in total. The van der Waals surface area contributed by atoms with Crippen LogP contribution in [0.4, 0.5) is 4.79 Å². The molecule has 0 aromatic heterocycles. The van der Waals surface area contributed by atoms with Gasteiger partial charge in [0.25, 0.3) is 0 Å². The normalized spacial score (nSPS) is 14.2. The van der Waals surface area contributed by atoms with Crippen LogP contribution in [0.5, 0.6) is 0 Å². The van der Waals surface area contributed by atoms with Crippen molar-refractivity contribution in [3.8, 4) is 12.3 Å². The third-order valence-electron chi connectivity index (χ3n) is 5.37. The minimum atomic E-state index is -0.957. The van der Waals surface area contributed by atoms with E-state index in [0.29, 0.717) is 30.5 Å². The Morgan fingerprint density at radius 1 is 1.09 bits per heavy atom. The van der Waals surface area contributed by atoms with Gasteiger partial charge in [0.15, 0.2) is 0 Å². The highest BCUT2D eigenvalue weighted by Gasteiger charge is 2.39. The summed E-state index contributed by atoms with van der Waals surface area (Å²) in [4.78, 5) is 41.8. The Hall–Kier alpha value is -3.01. The number of hydrogen-bond donors (Lipinski definition) is 2. The van der Waals surface area contributed by atoms with Gasteiger partial charge in [-0.1, -0.05) is 51.3 Å². The second kappa shape index (κ2) is 12.6. The standard InChI is InChI=1S/C28H43N3O4/c1-11-18-31(25(33)22(19(4)12-2)29-26(34)35-28(8,9)10)23(24(32)30-27(5,6)7)21-17-15-14-16-20(21)13-3/h3,14-17,19,22-23H,11-12,18H2,1-2,4-10H3,(H,29,34)(H,30,32). The summed E-state index contributed by atoms with van der Waals surface area (Å²) in [6.45, 7) is 17.0. The summed E-state index contributed by atoms with van der Waals surface area (Å²) in [6.07, 6.45) is 6.35. The molecule has 0 saturated heterocycles. The van der Waals surface area contributed by atoms with Gasteiger partial charge in [0.2, 0.25) is 11.8 Å². The fraction of sp³-hybridized carbons (Fsp3) is 0.607. The molecule has 3 atom stereocenters. The Morgan fingerprint density at radius 3 is 2.17 bits per heavy atom. The topological polar surface area (TPSA) is 87.7 Å². The largest absolute Gasteiger partial charge is 0.444 e. The zero-order valence-electron chi connectivity index (χ0n) is 22.8. The maximum atomic E-state index is 14.0. The Labute approximate surface area is 211 Å². The first kappa shape index (κ1) is 30.0. The van der Waals surface area contributed by atoms with Crippen LogP contribution in [0.25, 0.3) is 0 Å². The van der Waals surface area contributed by atoms with Gasteiger partial charge in [-0.15, -0.1) is 6.42 Å². The summed E-state index contributed by atoms with van der Waals surface area (Å²) in [5.74, 6) is 1.77. The first-order valence-electron chi connectivity index (χ1n) is 12.3. The Morgan fingerprint density at radius 2 is 1.69 bits per heavy atom. The maximum Gasteiger partial charge on any atom is 0.408 e. The molecule has 0 aliphatic heterocycles. The first-order chi connectivity index (χ1) is 16.1. The van der Waals surface area contributed by atoms with E-state index in [1.54, 1.807) is 45.0 Å². The molecule has 0 heterocycles. The molecule has 0 bridgehead atoms. The molecule has 35 heavy (non-hydrogen) atoms. The fourth-order valence-corrected chi connectivity index (χ4v) is 3.66. The lowest BCUT2D eigenvalue weighted by molar-refractivity contribution is -0.144. The van der Waals surface area contributed by atoms with Crippen molar-refractivity contribution in [1.29, 1.82) is 0 Å². The van der Waals surface area contributed by atoms with Crippen molar-refractivity contribution in [3.05, 3.63) is 35.4 Å². The van der Waals surface area contributed by atoms with Crippen LogP contribution in [0, 0.1) is 18.3 Å². The summed E-state index contributed by atoms with van der Waals surface area (Å²) < 4.78 is 5.42. The van der Waals surface area contributed by atoms with Crippen molar-refractivity contribution in [1.82, 2.24) is 15.5 Å². The molecule has 0 aliphatic carbocycles. The number of nitrogens with zero attached hydrogens (tertiary/aromatic N) is 1. The van der Waals surface area contributed by atoms with E-state index in [1.165, 1.54) is 4.90 Å². The van der Waals surface area contributed by atoms with E-state index in [1.807, 2.05) is 41.5 Å². The number of amides is 3. The summed E-state index contributed by atoms with van der Waals surface area (Å²) >= 11 is 0. The van der Waals surface area contributed by atoms with Crippen molar-refractivity contribution >= 4 is 17.9 Å².